The second-order valence-corrected chi connectivity index (χ2v) is 6.75. The molecule has 20 heavy (non-hydrogen) atoms. The van der Waals surface area contributed by atoms with Gasteiger partial charge in [-0.2, -0.15) is 0 Å². The van der Waals surface area contributed by atoms with Gasteiger partial charge in [-0.3, -0.25) is 4.79 Å². The highest BCUT2D eigenvalue weighted by molar-refractivity contribution is 7.90. The van der Waals surface area contributed by atoms with Crippen molar-refractivity contribution in [3.8, 4) is 0 Å². The first-order chi connectivity index (χ1) is 9.48. The van der Waals surface area contributed by atoms with Gasteiger partial charge >= 0.3 is 0 Å². The monoisotopic (exact) mass is 294 g/mol. The van der Waals surface area contributed by atoms with E-state index in [1.807, 2.05) is 6.08 Å². The van der Waals surface area contributed by atoms with Crippen molar-refractivity contribution in [1.82, 2.24) is 10.6 Å². The minimum atomic E-state index is -3.41. The van der Waals surface area contributed by atoms with E-state index in [-0.39, 0.29) is 16.4 Å². The van der Waals surface area contributed by atoms with E-state index in [0.717, 1.165) is 31.3 Å². The molecule has 0 aliphatic carbocycles. The maximum absolute atomic E-state index is 12.1. The van der Waals surface area contributed by atoms with Crippen LogP contribution in [0, 0.1) is 0 Å². The Balaban J connectivity index is 2.12. The van der Waals surface area contributed by atoms with Crippen LogP contribution in [0.25, 0.3) is 0 Å². The molecule has 0 saturated carbocycles. The van der Waals surface area contributed by atoms with Gasteiger partial charge in [0.2, 0.25) is 0 Å². The first-order valence-electron chi connectivity index (χ1n) is 6.44. The number of rotatable bonds is 4. The van der Waals surface area contributed by atoms with Crippen molar-refractivity contribution < 1.29 is 13.2 Å². The van der Waals surface area contributed by atoms with Crippen LogP contribution in [0.1, 0.15) is 16.8 Å². The smallest absolute Gasteiger partial charge is 0.252 e. The standard InChI is InChI=1S/C14H18N2O3S/c1-20(18,19)13-5-3-2-4-12(13)14(17)16-10-11-6-8-15-9-7-11/h2-6,15H,7-10H2,1H3,(H,16,17). The molecule has 5 nitrogen and oxygen atoms in total. The first-order valence-corrected chi connectivity index (χ1v) is 8.33. The Bertz CT molecular complexity index is 636. The average Bonchev–Trinajstić information content (AvgIpc) is 2.45. The highest BCUT2D eigenvalue weighted by atomic mass is 32.2. The molecule has 0 radical (unpaired) electrons. The molecule has 2 N–H and O–H groups in total. The van der Waals surface area contributed by atoms with Crippen molar-refractivity contribution in [3.05, 3.63) is 41.5 Å². The summed E-state index contributed by atoms with van der Waals surface area (Å²) < 4.78 is 23.3. The predicted octanol–water partition coefficient (Wildman–Crippen LogP) is 0.740. The lowest BCUT2D eigenvalue weighted by Gasteiger charge is -2.15. The molecule has 0 fully saturated rings. The van der Waals surface area contributed by atoms with Crippen LogP contribution in [0.4, 0.5) is 0 Å². The number of nitrogens with one attached hydrogen (secondary N) is 2. The van der Waals surface area contributed by atoms with Crippen molar-refractivity contribution in [2.45, 2.75) is 11.3 Å². The Morgan fingerprint density at radius 2 is 2.10 bits per heavy atom. The van der Waals surface area contributed by atoms with E-state index in [0.29, 0.717) is 6.54 Å². The molecule has 1 aliphatic heterocycles. The van der Waals surface area contributed by atoms with Gasteiger partial charge in [-0.05, 0) is 25.1 Å². The van der Waals surface area contributed by atoms with Gasteiger partial charge in [-0.15, -0.1) is 0 Å². The molecule has 0 aromatic heterocycles. The number of benzene rings is 1. The molecule has 0 bridgehead atoms. The minimum absolute atomic E-state index is 0.0665. The average molecular weight is 294 g/mol. The zero-order valence-electron chi connectivity index (χ0n) is 11.3. The summed E-state index contributed by atoms with van der Waals surface area (Å²) in [6.45, 7) is 2.17. The molecule has 1 aromatic carbocycles. The normalized spacial score (nSPS) is 15.6. The molecular weight excluding hydrogens is 276 g/mol. The lowest BCUT2D eigenvalue weighted by Crippen LogP contribution is -2.30. The van der Waals surface area contributed by atoms with Gasteiger partial charge in [0.1, 0.15) is 0 Å². The summed E-state index contributed by atoms with van der Waals surface area (Å²) in [5.74, 6) is -0.356. The lowest BCUT2D eigenvalue weighted by molar-refractivity contribution is 0.0953. The van der Waals surface area contributed by atoms with Crippen molar-refractivity contribution in [2.75, 3.05) is 25.9 Å². The third-order valence-corrected chi connectivity index (χ3v) is 4.32. The number of carbonyl (C=O) groups is 1. The molecule has 0 saturated heterocycles. The summed E-state index contributed by atoms with van der Waals surface area (Å²) in [6.07, 6.45) is 4.05. The molecule has 1 heterocycles. The van der Waals surface area contributed by atoms with Crippen LogP contribution in [-0.2, 0) is 9.84 Å². The van der Waals surface area contributed by atoms with Crippen molar-refractivity contribution in [2.24, 2.45) is 0 Å². The summed E-state index contributed by atoms with van der Waals surface area (Å²) >= 11 is 0. The second-order valence-electron chi connectivity index (χ2n) is 4.77. The summed E-state index contributed by atoms with van der Waals surface area (Å²) in [5, 5.41) is 5.98. The molecule has 1 aliphatic rings. The van der Waals surface area contributed by atoms with E-state index in [2.05, 4.69) is 10.6 Å². The van der Waals surface area contributed by atoms with Crippen molar-refractivity contribution >= 4 is 15.7 Å². The van der Waals surface area contributed by atoms with Gasteiger partial charge < -0.3 is 10.6 Å². The SMILES string of the molecule is CS(=O)(=O)c1ccccc1C(=O)NCC1=CCNCC1. The summed E-state index contributed by atoms with van der Waals surface area (Å²) in [7, 11) is -3.41. The quantitative estimate of drug-likeness (QED) is 0.803. The van der Waals surface area contributed by atoms with Crippen LogP contribution in [0.5, 0.6) is 0 Å². The molecule has 6 heteroatoms. The van der Waals surface area contributed by atoms with E-state index in [4.69, 9.17) is 0 Å². The van der Waals surface area contributed by atoms with E-state index < -0.39 is 9.84 Å². The Hall–Kier alpha value is -1.66. The Morgan fingerprint density at radius 3 is 2.75 bits per heavy atom. The molecule has 0 spiro atoms. The fourth-order valence-corrected chi connectivity index (χ4v) is 2.98. The molecule has 1 aromatic rings. The highest BCUT2D eigenvalue weighted by Crippen LogP contribution is 2.15. The van der Waals surface area contributed by atoms with Crippen molar-refractivity contribution in [3.63, 3.8) is 0 Å². The van der Waals surface area contributed by atoms with Gasteiger partial charge in [0, 0.05) is 19.3 Å². The van der Waals surface area contributed by atoms with Crippen molar-refractivity contribution in [1.29, 1.82) is 0 Å². The lowest BCUT2D eigenvalue weighted by atomic mass is 10.1. The second kappa shape index (κ2) is 6.19. The highest BCUT2D eigenvalue weighted by Gasteiger charge is 2.18. The summed E-state index contributed by atoms with van der Waals surface area (Å²) in [5.41, 5.74) is 1.36. The number of hydrogen-bond acceptors (Lipinski definition) is 4. The van der Waals surface area contributed by atoms with E-state index in [1.165, 1.54) is 12.1 Å². The van der Waals surface area contributed by atoms with E-state index >= 15 is 0 Å². The molecule has 1 amide bonds. The van der Waals surface area contributed by atoms with Crippen LogP contribution in [-0.4, -0.2) is 40.2 Å². The molecule has 0 unspecified atom stereocenters. The fourth-order valence-electron chi connectivity index (χ4n) is 2.10. The third-order valence-electron chi connectivity index (χ3n) is 3.17. The number of hydrogen-bond donors (Lipinski definition) is 2. The minimum Gasteiger partial charge on any atom is -0.348 e. The van der Waals surface area contributed by atoms with Crippen LogP contribution in [0.3, 0.4) is 0 Å². The zero-order chi connectivity index (χ0) is 14.6. The molecule has 0 atom stereocenters. The van der Waals surface area contributed by atoms with Gasteiger partial charge in [0.15, 0.2) is 9.84 Å². The maximum atomic E-state index is 12.1. The largest absolute Gasteiger partial charge is 0.348 e. The van der Waals surface area contributed by atoms with Crippen LogP contribution in [0.2, 0.25) is 0 Å². The Labute approximate surface area is 119 Å². The molecule has 108 valence electrons. The number of sulfone groups is 1. The molecule has 2 rings (SSSR count). The third kappa shape index (κ3) is 3.68. The summed E-state index contributed by atoms with van der Waals surface area (Å²) in [4.78, 5) is 12.2. The van der Waals surface area contributed by atoms with Gasteiger partial charge in [0.25, 0.3) is 5.91 Å². The Morgan fingerprint density at radius 1 is 1.35 bits per heavy atom. The van der Waals surface area contributed by atoms with Crippen LogP contribution < -0.4 is 10.6 Å². The number of carbonyl (C=O) groups excluding carboxylic acids is 1. The topological polar surface area (TPSA) is 75.3 Å². The Kier molecular flexibility index (Phi) is 4.57. The van der Waals surface area contributed by atoms with Gasteiger partial charge in [-0.1, -0.05) is 23.8 Å². The summed E-state index contributed by atoms with van der Waals surface area (Å²) in [6, 6.07) is 6.26. The van der Waals surface area contributed by atoms with E-state index in [9.17, 15) is 13.2 Å². The van der Waals surface area contributed by atoms with Crippen LogP contribution in [0.15, 0.2) is 40.8 Å². The van der Waals surface area contributed by atoms with E-state index in [1.54, 1.807) is 12.1 Å². The maximum Gasteiger partial charge on any atom is 0.252 e. The van der Waals surface area contributed by atoms with Gasteiger partial charge in [0.05, 0.1) is 10.5 Å². The predicted molar refractivity (Wildman–Crippen MR) is 77.5 cm³/mol. The zero-order valence-corrected chi connectivity index (χ0v) is 12.2. The first kappa shape index (κ1) is 14.7. The number of amides is 1. The van der Waals surface area contributed by atoms with Crippen LogP contribution >= 0.6 is 0 Å². The fraction of sp³-hybridized carbons (Fsp3) is 0.357. The molecular formula is C14H18N2O3S. The van der Waals surface area contributed by atoms with Gasteiger partial charge in [-0.25, -0.2) is 8.42 Å².